The van der Waals surface area contributed by atoms with Gasteiger partial charge in [0.05, 0.1) is 11.2 Å². The van der Waals surface area contributed by atoms with Crippen LogP contribution in [0.3, 0.4) is 0 Å². The van der Waals surface area contributed by atoms with E-state index in [1.165, 1.54) is 11.3 Å². The first-order valence-corrected chi connectivity index (χ1v) is 6.76. The number of nitrogens with zero attached hydrogens (tertiary/aromatic N) is 1. The number of hydrogen-bond acceptors (Lipinski definition) is 3. The third-order valence-corrected chi connectivity index (χ3v) is 4.13. The van der Waals surface area contributed by atoms with Crippen LogP contribution in [0.25, 0.3) is 0 Å². The lowest BCUT2D eigenvalue weighted by Crippen LogP contribution is -2.42. The van der Waals surface area contributed by atoms with Gasteiger partial charge in [0.15, 0.2) is 0 Å². The molecule has 1 heterocycles. The van der Waals surface area contributed by atoms with Gasteiger partial charge in [-0.05, 0) is 20.3 Å². The lowest BCUT2D eigenvalue weighted by molar-refractivity contribution is 0.0915. The predicted molar refractivity (Wildman–Crippen MR) is 72.7 cm³/mol. The molecule has 96 valence electrons. The van der Waals surface area contributed by atoms with Crippen molar-refractivity contribution in [1.29, 1.82) is 0 Å². The van der Waals surface area contributed by atoms with Gasteiger partial charge in [0.2, 0.25) is 0 Å². The van der Waals surface area contributed by atoms with Gasteiger partial charge in [-0.15, -0.1) is 11.3 Å². The van der Waals surface area contributed by atoms with E-state index in [9.17, 15) is 4.79 Å². The Morgan fingerprint density at radius 2 is 1.94 bits per heavy atom. The molecule has 1 amide bonds. The largest absolute Gasteiger partial charge is 0.346 e. The second-order valence-corrected chi connectivity index (χ2v) is 7.00. The second-order valence-electron chi connectivity index (χ2n) is 5.97. The molecule has 17 heavy (non-hydrogen) atoms. The fourth-order valence-corrected chi connectivity index (χ4v) is 2.05. The molecular formula is C13H22N2OS. The third-order valence-electron chi connectivity index (χ3n) is 2.71. The number of hydrogen-bond donors (Lipinski definition) is 1. The molecule has 0 unspecified atom stereocenters. The van der Waals surface area contributed by atoms with Crippen LogP contribution in [0.2, 0.25) is 0 Å². The Bertz CT molecular complexity index is 402. The number of amides is 1. The molecule has 0 aliphatic carbocycles. The van der Waals surface area contributed by atoms with Gasteiger partial charge >= 0.3 is 0 Å². The Labute approximate surface area is 108 Å². The fourth-order valence-electron chi connectivity index (χ4n) is 1.18. The number of rotatable bonds is 3. The van der Waals surface area contributed by atoms with E-state index in [0.29, 0.717) is 4.88 Å². The summed E-state index contributed by atoms with van der Waals surface area (Å²) in [6.07, 6.45) is 2.58. The Hall–Kier alpha value is -0.900. The van der Waals surface area contributed by atoms with Crippen molar-refractivity contribution in [2.45, 2.75) is 58.9 Å². The molecule has 1 rings (SSSR count). The molecule has 0 aliphatic rings. The topological polar surface area (TPSA) is 42.0 Å². The average molecular weight is 254 g/mol. The van der Waals surface area contributed by atoms with Crippen molar-refractivity contribution in [2.75, 3.05) is 0 Å². The molecule has 0 atom stereocenters. The van der Waals surface area contributed by atoms with Gasteiger partial charge in [-0.1, -0.05) is 27.7 Å². The minimum Gasteiger partial charge on any atom is -0.346 e. The summed E-state index contributed by atoms with van der Waals surface area (Å²) < 4.78 is 0. The van der Waals surface area contributed by atoms with Crippen molar-refractivity contribution in [2.24, 2.45) is 0 Å². The van der Waals surface area contributed by atoms with Gasteiger partial charge in [0.25, 0.3) is 5.91 Å². The smallest absolute Gasteiger partial charge is 0.263 e. The van der Waals surface area contributed by atoms with Crippen LogP contribution in [0.4, 0.5) is 0 Å². The molecule has 0 radical (unpaired) electrons. The zero-order valence-corrected chi connectivity index (χ0v) is 12.4. The summed E-state index contributed by atoms with van der Waals surface area (Å²) >= 11 is 1.48. The SMILES string of the molecule is CCC(C)(C)NC(=O)c1cnc(C(C)(C)C)s1. The van der Waals surface area contributed by atoms with Crippen molar-refractivity contribution in [3.8, 4) is 0 Å². The van der Waals surface area contributed by atoms with E-state index < -0.39 is 0 Å². The van der Waals surface area contributed by atoms with Gasteiger partial charge in [-0.3, -0.25) is 4.79 Å². The van der Waals surface area contributed by atoms with Crippen LogP contribution < -0.4 is 5.32 Å². The third kappa shape index (κ3) is 3.80. The van der Waals surface area contributed by atoms with Crippen molar-refractivity contribution < 1.29 is 4.79 Å². The van der Waals surface area contributed by atoms with Crippen molar-refractivity contribution in [1.82, 2.24) is 10.3 Å². The van der Waals surface area contributed by atoms with E-state index in [4.69, 9.17) is 0 Å². The molecule has 4 heteroatoms. The van der Waals surface area contributed by atoms with Crippen LogP contribution in [0.15, 0.2) is 6.20 Å². The van der Waals surface area contributed by atoms with Crippen LogP contribution >= 0.6 is 11.3 Å². The van der Waals surface area contributed by atoms with Crippen LogP contribution in [-0.2, 0) is 5.41 Å². The molecule has 0 saturated heterocycles. The molecule has 1 aromatic heterocycles. The van der Waals surface area contributed by atoms with Gasteiger partial charge in [0.1, 0.15) is 4.88 Å². The van der Waals surface area contributed by atoms with E-state index in [1.807, 2.05) is 13.8 Å². The van der Waals surface area contributed by atoms with Gasteiger partial charge in [-0.2, -0.15) is 0 Å². The molecule has 0 fully saturated rings. The van der Waals surface area contributed by atoms with Crippen LogP contribution in [0.1, 0.15) is 62.6 Å². The standard InChI is InChI=1S/C13H22N2OS/c1-7-13(5,6)15-10(16)9-8-14-11(17-9)12(2,3)4/h8H,7H2,1-6H3,(H,15,16). The highest BCUT2D eigenvalue weighted by molar-refractivity contribution is 7.13. The second kappa shape index (κ2) is 4.77. The van der Waals surface area contributed by atoms with E-state index >= 15 is 0 Å². The van der Waals surface area contributed by atoms with Crippen molar-refractivity contribution in [3.63, 3.8) is 0 Å². The maximum absolute atomic E-state index is 12.0. The molecule has 3 nitrogen and oxygen atoms in total. The molecule has 0 saturated carbocycles. The maximum Gasteiger partial charge on any atom is 0.263 e. The van der Waals surface area contributed by atoms with E-state index in [2.05, 4.69) is 38.0 Å². The normalized spacial score (nSPS) is 12.6. The number of carbonyl (C=O) groups excluding carboxylic acids is 1. The summed E-state index contributed by atoms with van der Waals surface area (Å²) in [5, 5.41) is 4.02. The first-order chi connectivity index (χ1) is 7.65. The molecule has 1 aromatic rings. The first kappa shape index (κ1) is 14.2. The summed E-state index contributed by atoms with van der Waals surface area (Å²) in [5.74, 6) is -0.0233. The highest BCUT2D eigenvalue weighted by Gasteiger charge is 2.23. The molecular weight excluding hydrogens is 232 g/mol. The number of thiazole rings is 1. The minimum atomic E-state index is -0.164. The quantitative estimate of drug-likeness (QED) is 0.898. The van der Waals surface area contributed by atoms with E-state index in [0.717, 1.165) is 11.4 Å². The molecule has 1 N–H and O–H groups in total. The number of carbonyl (C=O) groups is 1. The highest BCUT2D eigenvalue weighted by Crippen LogP contribution is 2.27. The summed E-state index contributed by atoms with van der Waals surface area (Å²) in [6.45, 7) is 12.4. The monoisotopic (exact) mass is 254 g/mol. The summed E-state index contributed by atoms with van der Waals surface area (Å²) in [6, 6.07) is 0. The molecule has 0 aromatic carbocycles. The Balaban J connectivity index is 2.81. The zero-order chi connectivity index (χ0) is 13.3. The maximum atomic E-state index is 12.0. The van der Waals surface area contributed by atoms with E-state index in [1.54, 1.807) is 6.20 Å². The van der Waals surface area contributed by atoms with Crippen molar-refractivity contribution >= 4 is 17.2 Å². The number of aromatic nitrogens is 1. The number of nitrogens with one attached hydrogen (secondary N) is 1. The summed E-state index contributed by atoms with van der Waals surface area (Å²) in [5.41, 5.74) is -0.160. The zero-order valence-electron chi connectivity index (χ0n) is 11.5. The van der Waals surface area contributed by atoms with Gasteiger partial charge in [-0.25, -0.2) is 4.98 Å². The summed E-state index contributed by atoms with van der Waals surface area (Å²) in [7, 11) is 0. The Morgan fingerprint density at radius 3 is 2.35 bits per heavy atom. The Kier molecular flexibility index (Phi) is 3.97. The van der Waals surface area contributed by atoms with Crippen LogP contribution in [-0.4, -0.2) is 16.4 Å². The van der Waals surface area contributed by atoms with Crippen LogP contribution in [0, 0.1) is 0 Å². The van der Waals surface area contributed by atoms with Crippen LogP contribution in [0.5, 0.6) is 0 Å². The lowest BCUT2D eigenvalue weighted by Gasteiger charge is -2.23. The average Bonchev–Trinajstić information content (AvgIpc) is 2.65. The first-order valence-electron chi connectivity index (χ1n) is 5.94. The highest BCUT2D eigenvalue weighted by atomic mass is 32.1. The predicted octanol–water partition coefficient (Wildman–Crippen LogP) is 3.36. The summed E-state index contributed by atoms with van der Waals surface area (Å²) in [4.78, 5) is 17.0. The Morgan fingerprint density at radius 1 is 1.35 bits per heavy atom. The van der Waals surface area contributed by atoms with E-state index in [-0.39, 0.29) is 16.9 Å². The minimum absolute atomic E-state index is 0.00344. The molecule has 0 spiro atoms. The van der Waals surface area contributed by atoms with Gasteiger partial charge < -0.3 is 5.32 Å². The van der Waals surface area contributed by atoms with Crippen molar-refractivity contribution in [3.05, 3.63) is 16.1 Å². The van der Waals surface area contributed by atoms with Gasteiger partial charge in [0, 0.05) is 11.0 Å². The fraction of sp³-hybridized carbons (Fsp3) is 0.692. The lowest BCUT2D eigenvalue weighted by atomic mass is 9.98. The molecule has 0 bridgehead atoms. The molecule has 0 aliphatic heterocycles.